The molecule has 88 valence electrons. The fraction of sp³-hybridized carbons (Fsp3) is 0.600. The maximum absolute atomic E-state index is 9.46. The van der Waals surface area contributed by atoms with Crippen LogP contribution in [0.3, 0.4) is 0 Å². The molecule has 1 fully saturated rings. The minimum Gasteiger partial charge on any atom is -0.396 e. The van der Waals surface area contributed by atoms with E-state index >= 15 is 0 Å². The minimum absolute atomic E-state index is 0.363. The Hall–Kier alpha value is -0.820. The third kappa shape index (κ3) is 2.46. The van der Waals surface area contributed by atoms with Crippen LogP contribution in [0.15, 0.2) is 30.3 Å². The van der Waals surface area contributed by atoms with Gasteiger partial charge in [0.25, 0.3) is 0 Å². The van der Waals surface area contributed by atoms with Crippen molar-refractivity contribution in [2.45, 2.75) is 38.5 Å². The molecular weight excluding hydrogens is 196 g/mol. The van der Waals surface area contributed by atoms with Gasteiger partial charge in [-0.2, -0.15) is 0 Å². The van der Waals surface area contributed by atoms with Crippen molar-refractivity contribution in [2.75, 3.05) is 6.61 Å². The van der Waals surface area contributed by atoms with Crippen LogP contribution in [0, 0.1) is 11.8 Å². The summed E-state index contributed by atoms with van der Waals surface area (Å²) in [6.45, 7) is 2.61. The van der Waals surface area contributed by atoms with Crippen molar-refractivity contribution in [2.24, 2.45) is 11.8 Å². The molecule has 1 aliphatic rings. The van der Waals surface area contributed by atoms with Crippen molar-refractivity contribution in [3.05, 3.63) is 35.9 Å². The summed E-state index contributed by atoms with van der Waals surface area (Å²) in [5.41, 5.74) is 1.45. The minimum atomic E-state index is 0.363. The topological polar surface area (TPSA) is 20.2 Å². The van der Waals surface area contributed by atoms with Gasteiger partial charge in [-0.3, -0.25) is 0 Å². The van der Waals surface area contributed by atoms with Gasteiger partial charge in [-0.25, -0.2) is 0 Å². The first-order valence-corrected chi connectivity index (χ1v) is 6.51. The molecule has 0 amide bonds. The number of hydrogen-bond acceptors (Lipinski definition) is 1. The van der Waals surface area contributed by atoms with E-state index in [2.05, 4.69) is 37.3 Å². The molecule has 0 bridgehead atoms. The summed E-state index contributed by atoms with van der Waals surface area (Å²) in [7, 11) is 0. The zero-order valence-electron chi connectivity index (χ0n) is 10.1. The van der Waals surface area contributed by atoms with Crippen LogP contribution in [0.5, 0.6) is 0 Å². The summed E-state index contributed by atoms with van der Waals surface area (Å²) < 4.78 is 0. The van der Waals surface area contributed by atoms with Crippen LogP contribution in [0.25, 0.3) is 0 Å². The monoisotopic (exact) mass is 218 g/mol. The molecule has 0 aromatic heterocycles. The molecule has 2 unspecified atom stereocenters. The third-order valence-corrected chi connectivity index (χ3v) is 4.17. The van der Waals surface area contributed by atoms with E-state index in [0.717, 1.165) is 5.92 Å². The molecule has 1 heteroatoms. The molecule has 0 spiro atoms. The molecule has 0 radical (unpaired) electrons. The molecule has 0 saturated heterocycles. The van der Waals surface area contributed by atoms with Gasteiger partial charge in [0.05, 0.1) is 0 Å². The van der Waals surface area contributed by atoms with Gasteiger partial charge < -0.3 is 5.11 Å². The number of rotatable bonds is 3. The summed E-state index contributed by atoms with van der Waals surface area (Å²) in [5.74, 6) is 1.93. The molecule has 0 aliphatic heterocycles. The largest absolute Gasteiger partial charge is 0.396 e. The smallest absolute Gasteiger partial charge is 0.0462 e. The van der Waals surface area contributed by atoms with E-state index < -0.39 is 0 Å². The molecule has 16 heavy (non-hydrogen) atoms. The lowest BCUT2D eigenvalue weighted by atomic mass is 9.71. The Morgan fingerprint density at radius 1 is 1.12 bits per heavy atom. The first kappa shape index (κ1) is 11.7. The molecule has 1 N–H and O–H groups in total. The number of aliphatic hydroxyl groups is 1. The van der Waals surface area contributed by atoms with E-state index in [-0.39, 0.29) is 0 Å². The average molecular weight is 218 g/mol. The summed E-state index contributed by atoms with van der Waals surface area (Å²) >= 11 is 0. The average Bonchev–Trinajstić information content (AvgIpc) is 2.39. The highest BCUT2D eigenvalue weighted by Crippen LogP contribution is 2.40. The van der Waals surface area contributed by atoms with Crippen molar-refractivity contribution >= 4 is 0 Å². The maximum Gasteiger partial charge on any atom is 0.0462 e. The van der Waals surface area contributed by atoms with Crippen molar-refractivity contribution in [1.29, 1.82) is 0 Å². The second kappa shape index (κ2) is 5.49. The predicted octanol–water partition coefficient (Wildman–Crippen LogP) is 3.59. The molecule has 1 aromatic rings. The van der Waals surface area contributed by atoms with Crippen LogP contribution in [0.1, 0.15) is 44.1 Å². The van der Waals surface area contributed by atoms with E-state index in [0.29, 0.717) is 18.4 Å². The Kier molecular flexibility index (Phi) is 4.00. The second-order valence-corrected chi connectivity index (χ2v) is 5.03. The van der Waals surface area contributed by atoms with E-state index in [1.54, 1.807) is 0 Å². The lowest BCUT2D eigenvalue weighted by Crippen LogP contribution is -2.26. The predicted molar refractivity (Wildman–Crippen MR) is 67.4 cm³/mol. The normalized spacial score (nSPS) is 30.2. The van der Waals surface area contributed by atoms with Crippen molar-refractivity contribution < 1.29 is 5.11 Å². The van der Waals surface area contributed by atoms with Crippen molar-refractivity contribution in [1.82, 2.24) is 0 Å². The highest BCUT2D eigenvalue weighted by molar-refractivity contribution is 5.20. The number of aliphatic hydroxyl groups excluding tert-OH is 1. The SMILES string of the molecule is CCC1CCC(c2ccccc2)C[C@@H]1CO. The van der Waals surface area contributed by atoms with Gasteiger partial charge in [0.2, 0.25) is 0 Å². The Labute approximate surface area is 98.5 Å². The first-order valence-electron chi connectivity index (χ1n) is 6.51. The summed E-state index contributed by atoms with van der Waals surface area (Å²) in [6, 6.07) is 10.8. The summed E-state index contributed by atoms with van der Waals surface area (Å²) in [5, 5.41) is 9.46. The van der Waals surface area contributed by atoms with Crippen molar-refractivity contribution in [3.63, 3.8) is 0 Å². The van der Waals surface area contributed by atoms with Crippen LogP contribution in [0.2, 0.25) is 0 Å². The Morgan fingerprint density at radius 2 is 1.88 bits per heavy atom. The van der Waals surface area contributed by atoms with Crippen LogP contribution < -0.4 is 0 Å². The van der Waals surface area contributed by atoms with E-state index in [9.17, 15) is 5.11 Å². The lowest BCUT2D eigenvalue weighted by molar-refractivity contribution is 0.121. The molecule has 1 saturated carbocycles. The molecule has 1 aliphatic carbocycles. The number of benzene rings is 1. The van der Waals surface area contributed by atoms with Gasteiger partial charge in [-0.15, -0.1) is 0 Å². The van der Waals surface area contributed by atoms with Gasteiger partial charge in [0.15, 0.2) is 0 Å². The zero-order chi connectivity index (χ0) is 11.4. The molecule has 1 aromatic carbocycles. The summed E-state index contributed by atoms with van der Waals surface area (Å²) in [4.78, 5) is 0. The molecule has 1 nitrogen and oxygen atoms in total. The van der Waals surface area contributed by atoms with Crippen molar-refractivity contribution in [3.8, 4) is 0 Å². The van der Waals surface area contributed by atoms with Gasteiger partial charge in [0.1, 0.15) is 0 Å². The van der Waals surface area contributed by atoms with Crippen LogP contribution in [-0.4, -0.2) is 11.7 Å². The van der Waals surface area contributed by atoms with E-state index in [1.165, 1.54) is 31.2 Å². The van der Waals surface area contributed by atoms with Gasteiger partial charge in [-0.1, -0.05) is 43.7 Å². The second-order valence-electron chi connectivity index (χ2n) is 5.03. The van der Waals surface area contributed by atoms with E-state index in [4.69, 9.17) is 0 Å². The van der Waals surface area contributed by atoms with E-state index in [1.807, 2.05) is 0 Å². The number of hydrogen-bond donors (Lipinski definition) is 1. The fourth-order valence-corrected chi connectivity index (χ4v) is 3.12. The lowest BCUT2D eigenvalue weighted by Gasteiger charge is -2.35. The molecule has 2 rings (SSSR count). The highest BCUT2D eigenvalue weighted by atomic mass is 16.3. The molecule has 0 heterocycles. The highest BCUT2D eigenvalue weighted by Gasteiger charge is 2.29. The fourth-order valence-electron chi connectivity index (χ4n) is 3.12. The van der Waals surface area contributed by atoms with Crippen LogP contribution in [-0.2, 0) is 0 Å². The van der Waals surface area contributed by atoms with Gasteiger partial charge in [-0.05, 0) is 42.6 Å². The Balaban J connectivity index is 2.05. The third-order valence-electron chi connectivity index (χ3n) is 4.17. The molecule has 3 atom stereocenters. The first-order chi connectivity index (χ1) is 7.85. The van der Waals surface area contributed by atoms with Gasteiger partial charge in [0, 0.05) is 6.61 Å². The quantitative estimate of drug-likeness (QED) is 0.822. The molecular formula is C15H22O. The van der Waals surface area contributed by atoms with Gasteiger partial charge >= 0.3 is 0 Å². The maximum atomic E-state index is 9.46. The standard InChI is InChI=1S/C15H22O/c1-2-12-8-9-14(10-15(12)11-16)13-6-4-3-5-7-13/h3-7,12,14-16H,2,8-11H2,1H3/t12?,14?,15-/m1/s1. The Morgan fingerprint density at radius 3 is 2.50 bits per heavy atom. The van der Waals surface area contributed by atoms with Crippen LogP contribution in [0.4, 0.5) is 0 Å². The Bertz CT molecular complexity index is 306. The van der Waals surface area contributed by atoms with Crippen LogP contribution >= 0.6 is 0 Å². The summed E-state index contributed by atoms with van der Waals surface area (Å²) in [6.07, 6.45) is 4.95. The zero-order valence-corrected chi connectivity index (χ0v) is 10.1.